The predicted octanol–water partition coefficient (Wildman–Crippen LogP) is 1.51. The van der Waals surface area contributed by atoms with Crippen LogP contribution in [-0.2, 0) is 16.4 Å². The van der Waals surface area contributed by atoms with Gasteiger partial charge in [-0.3, -0.25) is 0 Å². The van der Waals surface area contributed by atoms with Crippen molar-refractivity contribution in [1.29, 1.82) is 0 Å². The number of ether oxygens (including phenoxy) is 2. The molecule has 1 fully saturated rings. The fourth-order valence-corrected chi connectivity index (χ4v) is 4.54. The maximum Gasteiger partial charge on any atom is 0.161 e. The van der Waals surface area contributed by atoms with Gasteiger partial charge in [0, 0.05) is 18.8 Å². The van der Waals surface area contributed by atoms with E-state index < -0.39 is 9.84 Å². The van der Waals surface area contributed by atoms with Gasteiger partial charge in [-0.1, -0.05) is 12.5 Å². The Morgan fingerprint density at radius 2 is 1.95 bits per heavy atom. The normalized spacial score (nSPS) is 25.0. The minimum atomic E-state index is -2.98. The molecule has 1 aromatic rings. The van der Waals surface area contributed by atoms with E-state index in [1.165, 1.54) is 6.26 Å². The second kappa shape index (κ2) is 5.85. The molecule has 0 amide bonds. The highest BCUT2D eigenvalue weighted by atomic mass is 32.2. The molecule has 116 valence electrons. The first-order chi connectivity index (χ1) is 10.0. The average molecular weight is 311 g/mol. The third-order valence-corrected chi connectivity index (χ3v) is 5.84. The Balaban J connectivity index is 1.65. The van der Waals surface area contributed by atoms with Crippen LogP contribution in [0.15, 0.2) is 18.2 Å². The quantitative estimate of drug-likeness (QED) is 0.913. The van der Waals surface area contributed by atoms with Crippen LogP contribution < -0.4 is 14.8 Å². The second-order valence-electron chi connectivity index (χ2n) is 5.76. The number of sulfone groups is 1. The van der Waals surface area contributed by atoms with Crippen molar-refractivity contribution in [3.8, 4) is 11.5 Å². The lowest BCUT2D eigenvalue weighted by atomic mass is 10.1. The number of fused-ring (bicyclic) bond motifs is 1. The highest BCUT2D eigenvalue weighted by Gasteiger charge is 2.34. The summed E-state index contributed by atoms with van der Waals surface area (Å²) in [5.41, 5.74) is 1.08. The van der Waals surface area contributed by atoms with E-state index in [0.717, 1.165) is 36.3 Å². The monoisotopic (exact) mass is 311 g/mol. The molecule has 2 unspecified atom stereocenters. The summed E-state index contributed by atoms with van der Waals surface area (Å²) >= 11 is 0. The van der Waals surface area contributed by atoms with Crippen LogP contribution in [0.25, 0.3) is 0 Å². The smallest absolute Gasteiger partial charge is 0.161 e. The highest BCUT2D eigenvalue weighted by Crippen LogP contribution is 2.31. The highest BCUT2D eigenvalue weighted by molar-refractivity contribution is 7.91. The SMILES string of the molecule is CS(=O)(=O)C1CCCC1NCc1ccc2c(c1)OCCO2. The molecule has 6 heteroatoms. The molecule has 3 rings (SSSR count). The molecule has 5 nitrogen and oxygen atoms in total. The lowest BCUT2D eigenvalue weighted by Crippen LogP contribution is -2.39. The van der Waals surface area contributed by atoms with Crippen molar-refractivity contribution in [1.82, 2.24) is 5.32 Å². The molecule has 0 spiro atoms. The second-order valence-corrected chi connectivity index (χ2v) is 8.03. The van der Waals surface area contributed by atoms with Crippen molar-refractivity contribution in [2.24, 2.45) is 0 Å². The van der Waals surface area contributed by atoms with E-state index in [0.29, 0.717) is 19.8 Å². The van der Waals surface area contributed by atoms with E-state index >= 15 is 0 Å². The summed E-state index contributed by atoms with van der Waals surface area (Å²) < 4.78 is 34.6. The molecule has 0 aromatic heterocycles. The van der Waals surface area contributed by atoms with Crippen LogP contribution in [0.1, 0.15) is 24.8 Å². The lowest BCUT2D eigenvalue weighted by molar-refractivity contribution is 0.171. The summed E-state index contributed by atoms with van der Waals surface area (Å²) in [6.45, 7) is 1.80. The first-order valence-corrected chi connectivity index (χ1v) is 9.30. The number of hydrogen-bond acceptors (Lipinski definition) is 5. The Morgan fingerprint density at radius 3 is 2.71 bits per heavy atom. The van der Waals surface area contributed by atoms with E-state index in [-0.39, 0.29) is 11.3 Å². The Hall–Kier alpha value is -1.27. The zero-order chi connectivity index (χ0) is 14.9. The molecule has 1 saturated carbocycles. The molecule has 2 aliphatic rings. The van der Waals surface area contributed by atoms with Crippen LogP contribution >= 0.6 is 0 Å². The van der Waals surface area contributed by atoms with Crippen molar-refractivity contribution >= 4 is 9.84 Å². The largest absolute Gasteiger partial charge is 0.486 e. The number of nitrogens with one attached hydrogen (secondary N) is 1. The van der Waals surface area contributed by atoms with E-state index in [1.54, 1.807) is 0 Å². The third kappa shape index (κ3) is 3.32. The minimum absolute atomic E-state index is 0.0493. The predicted molar refractivity (Wildman–Crippen MR) is 80.5 cm³/mol. The Morgan fingerprint density at radius 1 is 1.19 bits per heavy atom. The van der Waals surface area contributed by atoms with Gasteiger partial charge in [-0.15, -0.1) is 0 Å². The summed E-state index contributed by atoms with van der Waals surface area (Å²) in [5.74, 6) is 1.55. The van der Waals surface area contributed by atoms with Gasteiger partial charge in [-0.2, -0.15) is 0 Å². The van der Waals surface area contributed by atoms with Crippen molar-refractivity contribution in [3.05, 3.63) is 23.8 Å². The molecular formula is C15H21NO4S. The molecule has 0 saturated heterocycles. The fourth-order valence-electron chi connectivity index (χ4n) is 3.12. The van der Waals surface area contributed by atoms with Gasteiger partial charge in [0.1, 0.15) is 13.2 Å². The van der Waals surface area contributed by atoms with Crippen molar-refractivity contribution in [2.45, 2.75) is 37.1 Å². The Labute approximate surface area is 125 Å². The molecule has 1 aromatic carbocycles. The van der Waals surface area contributed by atoms with Crippen molar-refractivity contribution in [3.63, 3.8) is 0 Å². The Bertz CT molecular complexity index is 614. The van der Waals surface area contributed by atoms with Gasteiger partial charge < -0.3 is 14.8 Å². The molecule has 1 N–H and O–H groups in total. The number of benzene rings is 1. The topological polar surface area (TPSA) is 64.6 Å². The number of rotatable bonds is 4. The molecule has 1 aliphatic heterocycles. The zero-order valence-electron chi connectivity index (χ0n) is 12.2. The average Bonchev–Trinajstić information content (AvgIpc) is 2.93. The summed E-state index contributed by atoms with van der Waals surface area (Å²) in [6, 6.07) is 5.92. The molecular weight excluding hydrogens is 290 g/mol. The molecule has 21 heavy (non-hydrogen) atoms. The summed E-state index contributed by atoms with van der Waals surface area (Å²) in [5, 5.41) is 3.13. The van der Waals surface area contributed by atoms with Crippen LogP contribution in [0.3, 0.4) is 0 Å². The van der Waals surface area contributed by atoms with E-state index in [2.05, 4.69) is 5.32 Å². The summed E-state index contributed by atoms with van der Waals surface area (Å²) in [7, 11) is -2.98. The van der Waals surface area contributed by atoms with Gasteiger partial charge in [0.25, 0.3) is 0 Å². The van der Waals surface area contributed by atoms with Crippen molar-refractivity contribution < 1.29 is 17.9 Å². The fraction of sp³-hybridized carbons (Fsp3) is 0.600. The third-order valence-electron chi connectivity index (χ3n) is 4.18. The standard InChI is InChI=1S/C15H21NO4S/c1-21(17,18)15-4-2-3-12(15)16-10-11-5-6-13-14(9-11)20-8-7-19-13/h5-6,9,12,15-16H,2-4,7-8,10H2,1H3. The van der Waals surface area contributed by atoms with E-state index in [9.17, 15) is 8.42 Å². The number of hydrogen-bond donors (Lipinski definition) is 1. The van der Waals surface area contributed by atoms with Gasteiger partial charge in [0.05, 0.1) is 5.25 Å². The van der Waals surface area contributed by atoms with Crippen LogP contribution in [0.2, 0.25) is 0 Å². The first kappa shape index (κ1) is 14.7. The lowest BCUT2D eigenvalue weighted by Gasteiger charge is -2.21. The maximum absolute atomic E-state index is 11.8. The van der Waals surface area contributed by atoms with E-state index in [1.807, 2.05) is 18.2 Å². The van der Waals surface area contributed by atoms with Gasteiger partial charge in [0.15, 0.2) is 21.3 Å². The van der Waals surface area contributed by atoms with Crippen LogP contribution in [0.5, 0.6) is 11.5 Å². The molecule has 0 radical (unpaired) electrons. The maximum atomic E-state index is 11.8. The van der Waals surface area contributed by atoms with Crippen LogP contribution in [0, 0.1) is 0 Å². The first-order valence-electron chi connectivity index (χ1n) is 7.35. The van der Waals surface area contributed by atoms with Crippen LogP contribution in [0.4, 0.5) is 0 Å². The minimum Gasteiger partial charge on any atom is -0.486 e. The summed E-state index contributed by atoms with van der Waals surface area (Å²) in [6.07, 6.45) is 3.98. The molecule has 1 aliphatic carbocycles. The molecule has 0 bridgehead atoms. The van der Waals surface area contributed by atoms with Gasteiger partial charge in [-0.25, -0.2) is 8.42 Å². The molecule has 1 heterocycles. The van der Waals surface area contributed by atoms with Crippen molar-refractivity contribution in [2.75, 3.05) is 19.5 Å². The van der Waals surface area contributed by atoms with E-state index in [4.69, 9.17) is 9.47 Å². The van der Waals surface area contributed by atoms with Gasteiger partial charge in [0.2, 0.25) is 0 Å². The summed E-state index contributed by atoms with van der Waals surface area (Å²) in [4.78, 5) is 0. The zero-order valence-corrected chi connectivity index (χ0v) is 13.0. The Kier molecular flexibility index (Phi) is 4.08. The van der Waals surface area contributed by atoms with Gasteiger partial charge in [-0.05, 0) is 30.5 Å². The van der Waals surface area contributed by atoms with Gasteiger partial charge >= 0.3 is 0 Å². The van der Waals surface area contributed by atoms with Crippen LogP contribution in [-0.4, -0.2) is 39.2 Å². The molecule has 2 atom stereocenters.